The standard InChI is InChI=1S/C20H23NO6/c1-5-26-18-12-14(6-11-17(18)25-4)20(23)27-13(2)19(22)21-15-7-9-16(24-3)10-8-15/h6-13H,5H2,1-4H3,(H,21,22)/t13-/m0/s1. The number of amides is 1. The van der Waals surface area contributed by atoms with Gasteiger partial charge in [0.15, 0.2) is 17.6 Å². The van der Waals surface area contributed by atoms with Gasteiger partial charge in [0.2, 0.25) is 0 Å². The molecule has 0 fully saturated rings. The predicted molar refractivity (Wildman–Crippen MR) is 101 cm³/mol. The van der Waals surface area contributed by atoms with E-state index in [2.05, 4.69) is 5.32 Å². The average Bonchev–Trinajstić information content (AvgIpc) is 2.68. The second-order valence-corrected chi connectivity index (χ2v) is 5.56. The zero-order valence-corrected chi connectivity index (χ0v) is 15.8. The molecule has 0 unspecified atom stereocenters. The van der Waals surface area contributed by atoms with Crippen LogP contribution in [0.2, 0.25) is 0 Å². The summed E-state index contributed by atoms with van der Waals surface area (Å²) in [4.78, 5) is 24.6. The lowest BCUT2D eigenvalue weighted by Crippen LogP contribution is -2.30. The van der Waals surface area contributed by atoms with E-state index in [4.69, 9.17) is 18.9 Å². The molecule has 1 amide bonds. The topological polar surface area (TPSA) is 83.1 Å². The van der Waals surface area contributed by atoms with Crippen LogP contribution in [-0.4, -0.2) is 38.8 Å². The molecular formula is C20H23NO6. The molecule has 0 radical (unpaired) electrons. The molecule has 1 N–H and O–H groups in total. The number of ether oxygens (including phenoxy) is 4. The van der Waals surface area contributed by atoms with Gasteiger partial charge in [-0.25, -0.2) is 4.79 Å². The molecular weight excluding hydrogens is 350 g/mol. The van der Waals surface area contributed by atoms with E-state index in [1.54, 1.807) is 43.5 Å². The Morgan fingerprint density at radius 2 is 1.70 bits per heavy atom. The summed E-state index contributed by atoms with van der Waals surface area (Å²) in [6.45, 7) is 3.76. The Hall–Kier alpha value is -3.22. The number of esters is 1. The monoisotopic (exact) mass is 373 g/mol. The van der Waals surface area contributed by atoms with Crippen molar-refractivity contribution in [1.82, 2.24) is 0 Å². The van der Waals surface area contributed by atoms with E-state index in [0.717, 1.165) is 0 Å². The molecule has 2 aromatic rings. The number of rotatable bonds is 8. The van der Waals surface area contributed by atoms with Gasteiger partial charge in [0, 0.05) is 5.69 Å². The predicted octanol–water partition coefficient (Wildman–Crippen LogP) is 3.29. The number of carbonyl (C=O) groups excluding carboxylic acids is 2. The van der Waals surface area contributed by atoms with Crippen LogP contribution in [0, 0.1) is 0 Å². The number of anilines is 1. The minimum atomic E-state index is -0.975. The highest BCUT2D eigenvalue weighted by molar-refractivity contribution is 5.97. The zero-order valence-electron chi connectivity index (χ0n) is 15.8. The highest BCUT2D eigenvalue weighted by atomic mass is 16.5. The maximum absolute atomic E-state index is 12.3. The smallest absolute Gasteiger partial charge is 0.339 e. The zero-order chi connectivity index (χ0) is 19.8. The highest BCUT2D eigenvalue weighted by Gasteiger charge is 2.20. The van der Waals surface area contributed by atoms with Gasteiger partial charge in [-0.2, -0.15) is 0 Å². The van der Waals surface area contributed by atoms with Crippen LogP contribution in [0.1, 0.15) is 24.2 Å². The fourth-order valence-corrected chi connectivity index (χ4v) is 2.27. The number of nitrogens with one attached hydrogen (secondary N) is 1. The lowest BCUT2D eigenvalue weighted by Gasteiger charge is -2.15. The van der Waals surface area contributed by atoms with Crippen LogP contribution in [0.3, 0.4) is 0 Å². The van der Waals surface area contributed by atoms with Gasteiger partial charge >= 0.3 is 5.97 Å². The number of methoxy groups -OCH3 is 2. The van der Waals surface area contributed by atoms with Crippen LogP contribution in [0.4, 0.5) is 5.69 Å². The molecule has 0 bridgehead atoms. The Morgan fingerprint density at radius 1 is 1.00 bits per heavy atom. The molecule has 0 aliphatic carbocycles. The van der Waals surface area contributed by atoms with Gasteiger partial charge in [-0.05, 0) is 56.3 Å². The largest absolute Gasteiger partial charge is 0.497 e. The van der Waals surface area contributed by atoms with E-state index in [1.165, 1.54) is 20.1 Å². The Labute approximate surface area is 158 Å². The first kappa shape index (κ1) is 20.1. The fraction of sp³-hybridized carbons (Fsp3) is 0.300. The molecule has 0 heterocycles. The minimum Gasteiger partial charge on any atom is -0.497 e. The van der Waals surface area contributed by atoms with Crippen LogP contribution in [-0.2, 0) is 9.53 Å². The third-order valence-electron chi connectivity index (χ3n) is 3.71. The van der Waals surface area contributed by atoms with Crippen molar-refractivity contribution in [2.45, 2.75) is 20.0 Å². The van der Waals surface area contributed by atoms with Gasteiger partial charge in [0.1, 0.15) is 5.75 Å². The van der Waals surface area contributed by atoms with Gasteiger partial charge in [0.25, 0.3) is 5.91 Å². The van der Waals surface area contributed by atoms with Crippen molar-refractivity contribution in [1.29, 1.82) is 0 Å². The van der Waals surface area contributed by atoms with E-state index < -0.39 is 18.0 Å². The molecule has 144 valence electrons. The van der Waals surface area contributed by atoms with Crippen molar-refractivity contribution in [3.8, 4) is 17.2 Å². The third-order valence-corrected chi connectivity index (χ3v) is 3.71. The summed E-state index contributed by atoms with van der Waals surface area (Å²) in [7, 11) is 3.08. The molecule has 0 spiro atoms. The maximum Gasteiger partial charge on any atom is 0.339 e. The van der Waals surface area contributed by atoms with E-state index in [-0.39, 0.29) is 5.56 Å². The quantitative estimate of drug-likeness (QED) is 0.715. The van der Waals surface area contributed by atoms with E-state index in [1.807, 2.05) is 6.92 Å². The van der Waals surface area contributed by atoms with Crippen molar-refractivity contribution >= 4 is 17.6 Å². The summed E-state index contributed by atoms with van der Waals surface area (Å²) in [5.41, 5.74) is 0.843. The van der Waals surface area contributed by atoms with Crippen molar-refractivity contribution in [2.24, 2.45) is 0 Å². The van der Waals surface area contributed by atoms with Gasteiger partial charge in [-0.1, -0.05) is 0 Å². The second kappa shape index (κ2) is 9.47. The summed E-state index contributed by atoms with van der Waals surface area (Å²) in [6, 6.07) is 11.5. The van der Waals surface area contributed by atoms with Crippen molar-refractivity contribution in [3.63, 3.8) is 0 Å². The minimum absolute atomic E-state index is 0.267. The van der Waals surface area contributed by atoms with Crippen LogP contribution in [0.25, 0.3) is 0 Å². The summed E-state index contributed by atoms with van der Waals surface area (Å²) in [6.07, 6.45) is -0.975. The van der Waals surface area contributed by atoms with E-state index >= 15 is 0 Å². The van der Waals surface area contributed by atoms with Crippen LogP contribution < -0.4 is 19.5 Å². The number of hydrogen-bond acceptors (Lipinski definition) is 6. The van der Waals surface area contributed by atoms with Crippen molar-refractivity contribution < 1.29 is 28.5 Å². The van der Waals surface area contributed by atoms with Crippen LogP contribution in [0.5, 0.6) is 17.2 Å². The van der Waals surface area contributed by atoms with E-state index in [0.29, 0.717) is 29.5 Å². The maximum atomic E-state index is 12.3. The molecule has 2 rings (SSSR count). The average molecular weight is 373 g/mol. The number of hydrogen-bond donors (Lipinski definition) is 1. The summed E-state index contributed by atoms with van der Waals surface area (Å²) < 4.78 is 20.9. The normalized spacial score (nSPS) is 11.3. The van der Waals surface area contributed by atoms with Gasteiger partial charge in [-0.15, -0.1) is 0 Å². The molecule has 0 aliphatic heterocycles. The molecule has 2 aromatic carbocycles. The van der Waals surface area contributed by atoms with Gasteiger partial charge in [-0.3, -0.25) is 4.79 Å². The lowest BCUT2D eigenvalue weighted by molar-refractivity contribution is -0.123. The molecule has 7 nitrogen and oxygen atoms in total. The first-order chi connectivity index (χ1) is 13.0. The third kappa shape index (κ3) is 5.37. The second-order valence-electron chi connectivity index (χ2n) is 5.56. The lowest BCUT2D eigenvalue weighted by atomic mass is 10.2. The summed E-state index contributed by atoms with van der Waals surface area (Å²) in [5, 5.41) is 2.68. The van der Waals surface area contributed by atoms with Crippen molar-refractivity contribution in [3.05, 3.63) is 48.0 Å². The summed E-state index contributed by atoms with van der Waals surface area (Å²) >= 11 is 0. The van der Waals surface area contributed by atoms with Gasteiger partial charge in [0.05, 0.1) is 26.4 Å². The Bertz CT molecular complexity index is 788. The number of carbonyl (C=O) groups is 2. The molecule has 27 heavy (non-hydrogen) atoms. The molecule has 0 saturated heterocycles. The molecule has 0 saturated carbocycles. The highest BCUT2D eigenvalue weighted by Crippen LogP contribution is 2.28. The Morgan fingerprint density at radius 3 is 2.30 bits per heavy atom. The molecule has 7 heteroatoms. The van der Waals surface area contributed by atoms with E-state index in [9.17, 15) is 9.59 Å². The van der Waals surface area contributed by atoms with Crippen molar-refractivity contribution in [2.75, 3.05) is 26.1 Å². The SMILES string of the molecule is CCOc1cc(C(=O)O[C@@H](C)C(=O)Nc2ccc(OC)cc2)ccc1OC. The first-order valence-corrected chi connectivity index (χ1v) is 8.45. The molecule has 0 aliphatic rings. The number of benzene rings is 2. The van der Waals surface area contributed by atoms with Crippen LogP contribution >= 0.6 is 0 Å². The molecule has 0 aromatic heterocycles. The van der Waals surface area contributed by atoms with Crippen LogP contribution in [0.15, 0.2) is 42.5 Å². The first-order valence-electron chi connectivity index (χ1n) is 8.45. The Kier molecular flexibility index (Phi) is 7.05. The fourth-order valence-electron chi connectivity index (χ4n) is 2.27. The summed E-state index contributed by atoms with van der Waals surface area (Å²) in [5.74, 6) is 0.559. The molecule has 1 atom stereocenters. The Balaban J connectivity index is 2.01. The van der Waals surface area contributed by atoms with Gasteiger partial charge < -0.3 is 24.3 Å².